The molecule has 1 heterocycles. The maximum Gasteiger partial charge on any atom is 0.251 e. The molecule has 0 fully saturated rings. The molecule has 0 aliphatic heterocycles. The molecule has 3 N–H and O–H groups in total. The summed E-state index contributed by atoms with van der Waals surface area (Å²) in [6, 6.07) is 11.1. The predicted octanol–water partition coefficient (Wildman–Crippen LogP) is 0.938. The predicted molar refractivity (Wildman–Crippen MR) is 63.1 cm³/mol. The first kappa shape index (κ1) is 10.6. The van der Waals surface area contributed by atoms with E-state index in [1.54, 1.807) is 0 Å². The standard InChI is InChI=1S/C12H13N3O/c13-7-6-11-14-10(8-12(16)15-11)9-4-2-1-3-5-9/h1-5,8H,6-7,13H2,(H,14,15,16). The average Bonchev–Trinajstić information content (AvgIpc) is 2.30. The first-order valence-electron chi connectivity index (χ1n) is 5.15. The number of aromatic amines is 1. The molecular weight excluding hydrogens is 202 g/mol. The average molecular weight is 215 g/mol. The summed E-state index contributed by atoms with van der Waals surface area (Å²) in [5, 5.41) is 0. The van der Waals surface area contributed by atoms with Gasteiger partial charge in [0.05, 0.1) is 5.69 Å². The number of hydrogen-bond donors (Lipinski definition) is 2. The molecule has 2 aromatic rings. The fourth-order valence-corrected chi connectivity index (χ4v) is 1.52. The Bertz CT molecular complexity index is 519. The number of nitrogens with one attached hydrogen (secondary N) is 1. The van der Waals surface area contributed by atoms with Crippen LogP contribution in [0.25, 0.3) is 11.3 Å². The van der Waals surface area contributed by atoms with Crippen molar-refractivity contribution in [3.8, 4) is 11.3 Å². The van der Waals surface area contributed by atoms with E-state index in [4.69, 9.17) is 5.73 Å². The van der Waals surface area contributed by atoms with Crippen LogP contribution in [0.5, 0.6) is 0 Å². The van der Waals surface area contributed by atoms with E-state index in [1.165, 1.54) is 6.07 Å². The van der Waals surface area contributed by atoms with Gasteiger partial charge in [0.15, 0.2) is 0 Å². The SMILES string of the molecule is NCCc1nc(-c2ccccc2)cc(=O)[nH]1. The minimum Gasteiger partial charge on any atom is -0.330 e. The first-order chi connectivity index (χ1) is 7.79. The van der Waals surface area contributed by atoms with Crippen LogP contribution in [0, 0.1) is 0 Å². The largest absolute Gasteiger partial charge is 0.330 e. The molecule has 0 radical (unpaired) electrons. The van der Waals surface area contributed by atoms with Gasteiger partial charge in [-0.2, -0.15) is 0 Å². The third kappa shape index (κ3) is 2.35. The Hall–Kier alpha value is -1.94. The van der Waals surface area contributed by atoms with E-state index in [0.29, 0.717) is 24.5 Å². The second-order valence-corrected chi connectivity index (χ2v) is 3.48. The number of rotatable bonds is 3. The van der Waals surface area contributed by atoms with Crippen molar-refractivity contribution in [1.82, 2.24) is 9.97 Å². The van der Waals surface area contributed by atoms with Crippen LogP contribution in [0.15, 0.2) is 41.2 Å². The molecule has 0 aliphatic carbocycles. The molecule has 0 bridgehead atoms. The Morgan fingerprint density at radius 2 is 2.00 bits per heavy atom. The van der Waals surface area contributed by atoms with Gasteiger partial charge in [-0.3, -0.25) is 4.79 Å². The highest BCUT2D eigenvalue weighted by Crippen LogP contribution is 2.13. The molecule has 4 heteroatoms. The number of aromatic nitrogens is 2. The van der Waals surface area contributed by atoms with Gasteiger partial charge < -0.3 is 10.7 Å². The molecule has 0 atom stereocenters. The van der Waals surface area contributed by atoms with Gasteiger partial charge in [0.25, 0.3) is 5.56 Å². The van der Waals surface area contributed by atoms with E-state index in [1.807, 2.05) is 30.3 Å². The second-order valence-electron chi connectivity index (χ2n) is 3.48. The first-order valence-corrected chi connectivity index (χ1v) is 5.15. The Morgan fingerprint density at radius 1 is 1.25 bits per heavy atom. The van der Waals surface area contributed by atoms with E-state index < -0.39 is 0 Å². The summed E-state index contributed by atoms with van der Waals surface area (Å²) in [7, 11) is 0. The van der Waals surface area contributed by atoms with E-state index >= 15 is 0 Å². The Morgan fingerprint density at radius 3 is 2.69 bits per heavy atom. The highest BCUT2D eigenvalue weighted by molar-refractivity contribution is 5.58. The van der Waals surface area contributed by atoms with Crippen LogP contribution in [0.3, 0.4) is 0 Å². The monoisotopic (exact) mass is 215 g/mol. The third-order valence-corrected chi connectivity index (χ3v) is 2.24. The Balaban J connectivity index is 2.45. The lowest BCUT2D eigenvalue weighted by Gasteiger charge is -2.03. The molecular formula is C12H13N3O. The van der Waals surface area contributed by atoms with Crippen LogP contribution >= 0.6 is 0 Å². The van der Waals surface area contributed by atoms with Crippen molar-refractivity contribution in [2.24, 2.45) is 5.73 Å². The number of hydrogen-bond acceptors (Lipinski definition) is 3. The maximum absolute atomic E-state index is 11.4. The number of nitrogens with two attached hydrogens (primary N) is 1. The van der Waals surface area contributed by atoms with Crippen molar-refractivity contribution in [1.29, 1.82) is 0 Å². The smallest absolute Gasteiger partial charge is 0.251 e. The molecule has 0 aliphatic rings. The number of nitrogens with zero attached hydrogens (tertiary/aromatic N) is 1. The van der Waals surface area contributed by atoms with Gasteiger partial charge in [-0.15, -0.1) is 0 Å². The van der Waals surface area contributed by atoms with Crippen molar-refractivity contribution in [2.75, 3.05) is 6.54 Å². The molecule has 1 aromatic heterocycles. The molecule has 16 heavy (non-hydrogen) atoms. The van der Waals surface area contributed by atoms with Crippen molar-refractivity contribution in [3.63, 3.8) is 0 Å². The second kappa shape index (κ2) is 4.72. The zero-order chi connectivity index (χ0) is 11.4. The maximum atomic E-state index is 11.4. The molecule has 0 amide bonds. The lowest BCUT2D eigenvalue weighted by Crippen LogP contribution is -2.14. The van der Waals surface area contributed by atoms with Crippen molar-refractivity contribution in [3.05, 3.63) is 52.6 Å². The summed E-state index contributed by atoms with van der Waals surface area (Å²) in [6.45, 7) is 0.473. The highest BCUT2D eigenvalue weighted by Gasteiger charge is 2.02. The van der Waals surface area contributed by atoms with Gasteiger partial charge >= 0.3 is 0 Å². The molecule has 0 saturated heterocycles. The summed E-state index contributed by atoms with van der Waals surface area (Å²) in [5.41, 5.74) is 6.92. The van der Waals surface area contributed by atoms with E-state index in [2.05, 4.69) is 9.97 Å². The van der Waals surface area contributed by atoms with Gasteiger partial charge in [-0.25, -0.2) is 4.98 Å². The molecule has 82 valence electrons. The topological polar surface area (TPSA) is 71.8 Å². The zero-order valence-electron chi connectivity index (χ0n) is 8.81. The van der Waals surface area contributed by atoms with Crippen LogP contribution in [0.4, 0.5) is 0 Å². The fraction of sp³-hybridized carbons (Fsp3) is 0.167. The lowest BCUT2D eigenvalue weighted by molar-refractivity contribution is 0.859. The molecule has 0 spiro atoms. The third-order valence-electron chi connectivity index (χ3n) is 2.24. The normalized spacial score (nSPS) is 10.3. The van der Waals surface area contributed by atoms with Crippen LogP contribution < -0.4 is 11.3 Å². The number of benzene rings is 1. The molecule has 4 nitrogen and oxygen atoms in total. The van der Waals surface area contributed by atoms with Crippen molar-refractivity contribution in [2.45, 2.75) is 6.42 Å². The summed E-state index contributed by atoms with van der Waals surface area (Å²) in [5.74, 6) is 0.633. The van der Waals surface area contributed by atoms with Gasteiger partial charge in [-0.1, -0.05) is 30.3 Å². The molecule has 1 aromatic carbocycles. The van der Waals surface area contributed by atoms with Crippen LogP contribution in [0.1, 0.15) is 5.82 Å². The van der Waals surface area contributed by atoms with Crippen LogP contribution in [-0.2, 0) is 6.42 Å². The van der Waals surface area contributed by atoms with Gasteiger partial charge in [0.2, 0.25) is 0 Å². The molecule has 2 rings (SSSR count). The van der Waals surface area contributed by atoms with Gasteiger partial charge in [0.1, 0.15) is 5.82 Å². The minimum absolute atomic E-state index is 0.141. The Labute approximate surface area is 93.2 Å². The highest BCUT2D eigenvalue weighted by atomic mass is 16.1. The van der Waals surface area contributed by atoms with E-state index in [0.717, 1.165) is 5.56 Å². The summed E-state index contributed by atoms with van der Waals surface area (Å²) in [4.78, 5) is 18.5. The zero-order valence-corrected chi connectivity index (χ0v) is 8.81. The number of H-pyrrole nitrogens is 1. The quantitative estimate of drug-likeness (QED) is 0.800. The van der Waals surface area contributed by atoms with Crippen molar-refractivity contribution >= 4 is 0 Å². The summed E-state index contributed by atoms with van der Waals surface area (Å²) >= 11 is 0. The van der Waals surface area contributed by atoms with Crippen molar-refractivity contribution < 1.29 is 0 Å². The van der Waals surface area contributed by atoms with E-state index in [9.17, 15) is 4.79 Å². The minimum atomic E-state index is -0.141. The Kier molecular flexibility index (Phi) is 3.12. The van der Waals surface area contributed by atoms with Crippen LogP contribution in [0.2, 0.25) is 0 Å². The molecule has 0 unspecified atom stereocenters. The summed E-state index contributed by atoms with van der Waals surface area (Å²) in [6.07, 6.45) is 0.579. The summed E-state index contributed by atoms with van der Waals surface area (Å²) < 4.78 is 0. The van der Waals surface area contributed by atoms with Crippen LogP contribution in [-0.4, -0.2) is 16.5 Å². The molecule has 0 saturated carbocycles. The van der Waals surface area contributed by atoms with E-state index in [-0.39, 0.29) is 5.56 Å². The fourth-order valence-electron chi connectivity index (χ4n) is 1.52. The van der Waals surface area contributed by atoms with Gasteiger partial charge in [-0.05, 0) is 6.54 Å². The van der Waals surface area contributed by atoms with Gasteiger partial charge in [0, 0.05) is 18.1 Å². The lowest BCUT2D eigenvalue weighted by atomic mass is 10.1.